The van der Waals surface area contributed by atoms with Gasteiger partial charge in [0.1, 0.15) is 5.75 Å². The molecule has 0 saturated heterocycles. The molecular weight excluding hydrogens is 320 g/mol. The van der Waals surface area contributed by atoms with E-state index in [4.69, 9.17) is 4.74 Å². The van der Waals surface area contributed by atoms with Gasteiger partial charge >= 0.3 is 0 Å². The molecule has 0 saturated carbocycles. The number of rotatable bonds is 6. The van der Waals surface area contributed by atoms with E-state index in [2.05, 4.69) is 17.2 Å². The summed E-state index contributed by atoms with van der Waals surface area (Å²) in [5.74, 6) is 0.664. The molecule has 0 spiro atoms. The summed E-state index contributed by atoms with van der Waals surface area (Å²) in [6.07, 6.45) is 2.13. The standard InChI is InChI=1S/C19H20N2O2S/c1-3-4-11-23-16-8-5-14(6-9-16)19(22)21-15-7-10-17-18(12-15)24-13(2)20-17/h5-10,12H,3-4,11H2,1-2H3,(H,21,22). The number of nitrogens with zero attached hydrogens (tertiary/aromatic N) is 1. The van der Waals surface area contributed by atoms with Crippen molar-refractivity contribution in [1.29, 1.82) is 0 Å². The zero-order chi connectivity index (χ0) is 16.9. The smallest absolute Gasteiger partial charge is 0.255 e. The largest absolute Gasteiger partial charge is 0.494 e. The van der Waals surface area contributed by atoms with Gasteiger partial charge in [-0.15, -0.1) is 11.3 Å². The van der Waals surface area contributed by atoms with E-state index < -0.39 is 0 Å². The lowest BCUT2D eigenvalue weighted by Gasteiger charge is -2.07. The number of aryl methyl sites for hydroxylation is 1. The van der Waals surface area contributed by atoms with Crippen LogP contribution in [0.3, 0.4) is 0 Å². The fourth-order valence-electron chi connectivity index (χ4n) is 2.36. The van der Waals surface area contributed by atoms with Gasteiger partial charge in [-0.3, -0.25) is 4.79 Å². The lowest BCUT2D eigenvalue weighted by Crippen LogP contribution is -2.11. The Kier molecular flexibility index (Phi) is 5.11. The third-order valence-corrected chi connectivity index (χ3v) is 4.57. The van der Waals surface area contributed by atoms with Crippen LogP contribution in [0.2, 0.25) is 0 Å². The van der Waals surface area contributed by atoms with Crippen LogP contribution >= 0.6 is 11.3 Å². The van der Waals surface area contributed by atoms with E-state index in [0.717, 1.165) is 39.5 Å². The quantitative estimate of drug-likeness (QED) is 0.640. The number of ether oxygens (including phenoxy) is 1. The van der Waals surface area contributed by atoms with Crippen LogP contribution in [0.4, 0.5) is 5.69 Å². The van der Waals surface area contributed by atoms with Gasteiger partial charge in [-0.25, -0.2) is 4.98 Å². The molecule has 0 radical (unpaired) electrons. The third-order valence-electron chi connectivity index (χ3n) is 3.64. The minimum absolute atomic E-state index is 0.129. The maximum absolute atomic E-state index is 12.4. The van der Waals surface area contributed by atoms with Crippen LogP contribution in [-0.2, 0) is 0 Å². The lowest BCUT2D eigenvalue weighted by molar-refractivity contribution is 0.102. The van der Waals surface area contributed by atoms with Crippen molar-refractivity contribution in [3.05, 3.63) is 53.0 Å². The first-order valence-electron chi connectivity index (χ1n) is 8.07. The van der Waals surface area contributed by atoms with Crippen molar-refractivity contribution in [2.24, 2.45) is 0 Å². The maximum Gasteiger partial charge on any atom is 0.255 e. The Morgan fingerprint density at radius 2 is 2.00 bits per heavy atom. The van der Waals surface area contributed by atoms with Gasteiger partial charge in [-0.1, -0.05) is 13.3 Å². The van der Waals surface area contributed by atoms with E-state index in [1.54, 1.807) is 23.5 Å². The molecule has 0 fully saturated rings. The first kappa shape index (κ1) is 16.5. The second-order valence-corrected chi connectivity index (χ2v) is 6.83. The molecule has 0 bridgehead atoms. The molecule has 3 aromatic rings. The highest BCUT2D eigenvalue weighted by molar-refractivity contribution is 7.18. The van der Waals surface area contributed by atoms with Gasteiger partial charge in [0.05, 0.1) is 21.8 Å². The van der Waals surface area contributed by atoms with E-state index in [0.29, 0.717) is 12.2 Å². The van der Waals surface area contributed by atoms with Crippen molar-refractivity contribution in [3.8, 4) is 5.75 Å². The predicted molar refractivity (Wildman–Crippen MR) is 99.2 cm³/mol. The molecular formula is C19H20N2O2S. The number of benzene rings is 2. The number of thiazole rings is 1. The Morgan fingerprint density at radius 1 is 1.21 bits per heavy atom. The molecule has 1 aromatic heterocycles. The van der Waals surface area contributed by atoms with E-state index in [1.165, 1.54) is 0 Å². The van der Waals surface area contributed by atoms with Crippen LogP contribution in [0.5, 0.6) is 5.75 Å². The van der Waals surface area contributed by atoms with Gasteiger partial charge in [0.2, 0.25) is 0 Å². The SMILES string of the molecule is CCCCOc1ccc(C(=O)Nc2ccc3nc(C)sc3c2)cc1. The summed E-state index contributed by atoms with van der Waals surface area (Å²) in [4.78, 5) is 16.8. The van der Waals surface area contributed by atoms with Crippen molar-refractivity contribution < 1.29 is 9.53 Å². The molecule has 1 N–H and O–H groups in total. The molecule has 0 aliphatic heterocycles. The molecule has 2 aromatic carbocycles. The van der Waals surface area contributed by atoms with Crippen molar-refractivity contribution in [3.63, 3.8) is 0 Å². The molecule has 0 atom stereocenters. The molecule has 4 nitrogen and oxygen atoms in total. The zero-order valence-electron chi connectivity index (χ0n) is 13.8. The van der Waals surface area contributed by atoms with Gasteiger partial charge in [-0.2, -0.15) is 0 Å². The summed E-state index contributed by atoms with van der Waals surface area (Å²) in [5, 5.41) is 3.95. The second-order valence-electron chi connectivity index (χ2n) is 5.60. The number of aromatic nitrogens is 1. The first-order valence-corrected chi connectivity index (χ1v) is 8.89. The Balaban J connectivity index is 1.66. The number of fused-ring (bicyclic) bond motifs is 1. The Bertz CT molecular complexity index is 840. The molecule has 0 aliphatic rings. The summed E-state index contributed by atoms with van der Waals surface area (Å²) in [6.45, 7) is 4.81. The van der Waals surface area contributed by atoms with E-state index in [9.17, 15) is 4.79 Å². The lowest BCUT2D eigenvalue weighted by atomic mass is 10.2. The number of amides is 1. The Hall–Kier alpha value is -2.40. The summed E-state index contributed by atoms with van der Waals surface area (Å²) in [7, 11) is 0. The monoisotopic (exact) mass is 340 g/mol. The average Bonchev–Trinajstić information content (AvgIpc) is 2.95. The fourth-order valence-corrected chi connectivity index (χ4v) is 3.22. The third kappa shape index (κ3) is 3.92. The topological polar surface area (TPSA) is 51.2 Å². The summed E-state index contributed by atoms with van der Waals surface area (Å²) < 4.78 is 6.69. The average molecular weight is 340 g/mol. The minimum Gasteiger partial charge on any atom is -0.494 e. The van der Waals surface area contributed by atoms with Crippen LogP contribution in [0.1, 0.15) is 35.1 Å². The highest BCUT2D eigenvalue weighted by Gasteiger charge is 2.08. The van der Waals surface area contributed by atoms with Crippen molar-refractivity contribution in [2.75, 3.05) is 11.9 Å². The van der Waals surface area contributed by atoms with Crippen LogP contribution in [0.25, 0.3) is 10.2 Å². The molecule has 5 heteroatoms. The molecule has 1 amide bonds. The number of hydrogen-bond donors (Lipinski definition) is 1. The van der Waals surface area contributed by atoms with Gasteiger partial charge in [-0.05, 0) is 55.8 Å². The first-order chi connectivity index (χ1) is 11.7. The number of nitrogens with one attached hydrogen (secondary N) is 1. The molecule has 1 heterocycles. The van der Waals surface area contributed by atoms with Crippen LogP contribution in [0, 0.1) is 6.92 Å². The number of carbonyl (C=O) groups is 1. The molecule has 124 valence electrons. The number of hydrogen-bond acceptors (Lipinski definition) is 4. The van der Waals surface area contributed by atoms with E-state index in [-0.39, 0.29) is 5.91 Å². The van der Waals surface area contributed by atoms with Crippen molar-refractivity contribution >= 4 is 33.1 Å². The highest BCUT2D eigenvalue weighted by atomic mass is 32.1. The Labute approximate surface area is 145 Å². The van der Waals surface area contributed by atoms with E-state index in [1.807, 2.05) is 37.3 Å². The Morgan fingerprint density at radius 3 is 2.75 bits per heavy atom. The van der Waals surface area contributed by atoms with Crippen LogP contribution in [0.15, 0.2) is 42.5 Å². The van der Waals surface area contributed by atoms with Gasteiger partial charge in [0.15, 0.2) is 0 Å². The number of carbonyl (C=O) groups excluding carboxylic acids is 1. The summed E-state index contributed by atoms with van der Waals surface area (Å²) >= 11 is 1.62. The van der Waals surface area contributed by atoms with E-state index >= 15 is 0 Å². The van der Waals surface area contributed by atoms with Gasteiger partial charge in [0, 0.05) is 11.3 Å². The maximum atomic E-state index is 12.4. The second kappa shape index (κ2) is 7.45. The number of anilines is 1. The normalized spacial score (nSPS) is 10.8. The van der Waals surface area contributed by atoms with Crippen LogP contribution in [-0.4, -0.2) is 17.5 Å². The predicted octanol–water partition coefficient (Wildman–Crippen LogP) is 5.04. The minimum atomic E-state index is -0.129. The van der Waals surface area contributed by atoms with Gasteiger partial charge in [0.25, 0.3) is 5.91 Å². The zero-order valence-corrected chi connectivity index (χ0v) is 14.7. The molecule has 0 unspecified atom stereocenters. The van der Waals surface area contributed by atoms with Gasteiger partial charge < -0.3 is 10.1 Å². The summed E-state index contributed by atoms with van der Waals surface area (Å²) in [6, 6.07) is 13.0. The molecule has 0 aliphatic carbocycles. The summed E-state index contributed by atoms with van der Waals surface area (Å²) in [5.41, 5.74) is 2.35. The number of unbranched alkanes of at least 4 members (excludes halogenated alkanes) is 1. The van der Waals surface area contributed by atoms with Crippen molar-refractivity contribution in [2.45, 2.75) is 26.7 Å². The molecule has 24 heavy (non-hydrogen) atoms. The van der Waals surface area contributed by atoms with Crippen LogP contribution < -0.4 is 10.1 Å². The highest BCUT2D eigenvalue weighted by Crippen LogP contribution is 2.25. The van der Waals surface area contributed by atoms with Crippen molar-refractivity contribution in [1.82, 2.24) is 4.98 Å². The molecule has 3 rings (SSSR count). The fraction of sp³-hybridized carbons (Fsp3) is 0.263.